The van der Waals surface area contributed by atoms with Gasteiger partial charge in [0.15, 0.2) is 5.82 Å². The maximum Gasteiger partial charge on any atom is 1.00 e. The molecular weight excluding hydrogens is 417 g/mol. The van der Waals surface area contributed by atoms with E-state index in [1.807, 2.05) is 0 Å². The molecule has 0 radical (unpaired) electrons. The summed E-state index contributed by atoms with van der Waals surface area (Å²) in [4.78, 5) is 40.1. The molecule has 12 nitrogen and oxygen atoms in total. The van der Waals surface area contributed by atoms with Crippen molar-refractivity contribution in [2.45, 2.75) is 25.0 Å². The molecule has 1 aromatic carbocycles. The van der Waals surface area contributed by atoms with Gasteiger partial charge in [-0.15, -0.1) is 25.5 Å². The summed E-state index contributed by atoms with van der Waals surface area (Å²) in [7, 11) is -5.02. The predicted molar refractivity (Wildman–Crippen MR) is 87.5 cm³/mol. The topological polar surface area (TPSA) is 172 Å². The van der Waals surface area contributed by atoms with Crippen LogP contribution in [0.15, 0.2) is 24.3 Å². The van der Waals surface area contributed by atoms with Gasteiger partial charge in [0.1, 0.15) is 15.4 Å². The molecule has 1 fully saturated rings. The monoisotopic (exact) mass is 429 g/mol. The minimum atomic E-state index is -5.02. The van der Waals surface area contributed by atoms with Crippen LogP contribution in [0.4, 0.5) is 0 Å². The molecule has 0 saturated carbocycles. The second-order valence-electron chi connectivity index (χ2n) is 5.82. The Labute approximate surface area is 186 Å². The quantitative estimate of drug-likeness (QED) is 0.257. The zero-order valence-electron chi connectivity index (χ0n) is 15.3. The standard InChI is InChI=1S/C15H13N5O7S.Na/c1-8-16-18-14(19-17-8)10-4-2-9(3-5-10)6-13(22)27-20-12(21)7-11(15(20)23)28(24,25)26;/h2-5,11H,6-7H2,1H3,(H,24,25,26);/q;+1/p-1. The molecule has 1 aliphatic rings. The zero-order chi connectivity index (χ0) is 20.5. The first-order chi connectivity index (χ1) is 13.1. The van der Waals surface area contributed by atoms with Gasteiger partial charge in [0, 0.05) is 5.56 Å². The number of hydroxylamine groups is 2. The van der Waals surface area contributed by atoms with Crippen LogP contribution in [0, 0.1) is 6.92 Å². The summed E-state index contributed by atoms with van der Waals surface area (Å²) in [6.45, 7) is 1.64. The van der Waals surface area contributed by atoms with Crippen LogP contribution in [0.5, 0.6) is 0 Å². The van der Waals surface area contributed by atoms with Gasteiger partial charge in [0.05, 0.1) is 12.8 Å². The fraction of sp³-hybridized carbons (Fsp3) is 0.267. The second kappa shape index (κ2) is 9.00. The molecule has 29 heavy (non-hydrogen) atoms. The van der Waals surface area contributed by atoms with E-state index in [1.165, 1.54) is 0 Å². The van der Waals surface area contributed by atoms with Crippen molar-refractivity contribution in [3.63, 3.8) is 0 Å². The van der Waals surface area contributed by atoms with Gasteiger partial charge >= 0.3 is 35.5 Å². The van der Waals surface area contributed by atoms with Gasteiger partial charge in [0.25, 0.3) is 11.8 Å². The summed E-state index contributed by atoms with van der Waals surface area (Å²) >= 11 is 0. The number of imide groups is 1. The molecule has 2 aromatic rings. The Morgan fingerprint density at radius 2 is 1.76 bits per heavy atom. The Morgan fingerprint density at radius 1 is 1.17 bits per heavy atom. The number of rotatable bonds is 5. The van der Waals surface area contributed by atoms with Gasteiger partial charge in [-0.05, 0) is 12.5 Å². The molecule has 1 saturated heterocycles. The van der Waals surface area contributed by atoms with Gasteiger partial charge < -0.3 is 9.39 Å². The van der Waals surface area contributed by atoms with Crippen molar-refractivity contribution in [3.8, 4) is 11.4 Å². The first-order valence-corrected chi connectivity index (χ1v) is 9.28. The molecule has 2 heterocycles. The Bertz CT molecular complexity index is 1040. The van der Waals surface area contributed by atoms with Crippen molar-refractivity contribution < 1.29 is 61.7 Å². The van der Waals surface area contributed by atoms with E-state index in [0.717, 1.165) is 0 Å². The van der Waals surface area contributed by atoms with Gasteiger partial charge in [-0.25, -0.2) is 13.2 Å². The van der Waals surface area contributed by atoms with Crippen LogP contribution in [0.3, 0.4) is 0 Å². The number of aryl methyl sites for hydroxylation is 1. The third-order valence-electron chi connectivity index (χ3n) is 3.74. The Balaban J connectivity index is 0.00000300. The summed E-state index contributed by atoms with van der Waals surface area (Å²) in [5.41, 5.74) is 1.08. The van der Waals surface area contributed by atoms with E-state index in [-0.39, 0.29) is 46.9 Å². The van der Waals surface area contributed by atoms with Crippen LogP contribution < -0.4 is 29.6 Å². The number of hydrogen-bond acceptors (Lipinski definition) is 11. The van der Waals surface area contributed by atoms with Crippen LogP contribution in [0.2, 0.25) is 0 Å². The zero-order valence-corrected chi connectivity index (χ0v) is 18.1. The predicted octanol–water partition coefficient (Wildman–Crippen LogP) is -4.08. The summed E-state index contributed by atoms with van der Waals surface area (Å²) < 4.78 is 32.9. The maximum atomic E-state index is 12.0. The van der Waals surface area contributed by atoms with Crippen LogP contribution in [-0.4, -0.2) is 61.5 Å². The van der Waals surface area contributed by atoms with E-state index in [2.05, 4.69) is 25.2 Å². The maximum absolute atomic E-state index is 12.0. The molecule has 2 amide bonds. The molecule has 1 atom stereocenters. The number of nitrogens with zero attached hydrogens (tertiary/aromatic N) is 5. The van der Waals surface area contributed by atoms with Crippen molar-refractivity contribution in [3.05, 3.63) is 35.7 Å². The summed E-state index contributed by atoms with van der Waals surface area (Å²) in [6, 6.07) is 6.36. The third kappa shape index (κ3) is 5.39. The largest absolute Gasteiger partial charge is 1.00 e. The van der Waals surface area contributed by atoms with Gasteiger partial charge in [-0.2, -0.15) is 0 Å². The van der Waals surface area contributed by atoms with Gasteiger partial charge in [0.2, 0.25) is 5.82 Å². The molecular formula is C15H12N5NaO7S. The number of hydrogen-bond donors (Lipinski definition) is 0. The number of carbonyl (C=O) groups excluding carboxylic acids is 3. The first kappa shape index (κ1) is 23.0. The number of carbonyl (C=O) groups is 3. The third-order valence-corrected chi connectivity index (χ3v) is 4.81. The van der Waals surface area contributed by atoms with Crippen molar-refractivity contribution in [1.82, 2.24) is 25.5 Å². The van der Waals surface area contributed by atoms with E-state index in [9.17, 15) is 27.4 Å². The average Bonchev–Trinajstić information content (AvgIpc) is 2.91. The molecule has 0 N–H and O–H groups in total. The fourth-order valence-electron chi connectivity index (χ4n) is 2.37. The molecule has 0 spiro atoms. The second-order valence-corrected chi connectivity index (χ2v) is 7.37. The molecule has 0 bridgehead atoms. The van der Waals surface area contributed by atoms with Gasteiger partial charge in [-0.1, -0.05) is 24.3 Å². The molecule has 1 aliphatic heterocycles. The van der Waals surface area contributed by atoms with E-state index >= 15 is 0 Å². The minimum absolute atomic E-state index is 0. The van der Waals surface area contributed by atoms with Crippen molar-refractivity contribution >= 4 is 27.9 Å². The Morgan fingerprint density at radius 3 is 2.28 bits per heavy atom. The average molecular weight is 429 g/mol. The van der Waals surface area contributed by atoms with E-state index in [0.29, 0.717) is 17.0 Å². The normalized spacial score (nSPS) is 16.5. The molecule has 0 aliphatic carbocycles. The van der Waals surface area contributed by atoms with Crippen molar-refractivity contribution in [2.24, 2.45) is 0 Å². The van der Waals surface area contributed by atoms with Crippen molar-refractivity contribution in [1.29, 1.82) is 0 Å². The first-order valence-electron chi connectivity index (χ1n) is 7.81. The van der Waals surface area contributed by atoms with Crippen LogP contribution in [-0.2, 0) is 35.8 Å². The Kier molecular flexibility index (Phi) is 7.13. The minimum Gasteiger partial charge on any atom is -0.747 e. The smallest absolute Gasteiger partial charge is 0.747 e. The van der Waals surface area contributed by atoms with Gasteiger partial charge in [-0.3, -0.25) is 9.59 Å². The molecule has 3 rings (SSSR count). The van der Waals surface area contributed by atoms with Crippen molar-refractivity contribution in [2.75, 3.05) is 0 Å². The summed E-state index contributed by atoms with van der Waals surface area (Å²) in [5.74, 6) is -2.72. The fourth-order valence-corrected chi connectivity index (χ4v) is 3.06. The number of aromatic nitrogens is 4. The van der Waals surface area contributed by atoms with Crippen LogP contribution in [0.25, 0.3) is 11.4 Å². The van der Waals surface area contributed by atoms with E-state index < -0.39 is 39.6 Å². The Hall–Kier alpha value is -2.32. The SMILES string of the molecule is Cc1nnc(-c2ccc(CC(=O)ON3C(=O)CC(S(=O)(=O)[O-])C3=O)cc2)nn1.[Na+]. The molecule has 14 heteroatoms. The number of amides is 2. The number of benzene rings is 1. The molecule has 1 unspecified atom stereocenters. The molecule has 1 aromatic heterocycles. The van der Waals surface area contributed by atoms with E-state index in [4.69, 9.17) is 0 Å². The van der Waals surface area contributed by atoms with Crippen LogP contribution in [0.1, 0.15) is 17.8 Å². The van der Waals surface area contributed by atoms with E-state index in [1.54, 1.807) is 31.2 Å². The summed E-state index contributed by atoms with van der Waals surface area (Å²) in [5, 5.41) is 13.3. The van der Waals surface area contributed by atoms with Crippen LogP contribution >= 0.6 is 0 Å². The molecule has 146 valence electrons. The summed E-state index contributed by atoms with van der Waals surface area (Å²) in [6.07, 6.45) is -1.16.